The average Bonchev–Trinajstić information content (AvgIpc) is 2.66. The minimum Gasteiger partial charge on any atom is -0.345 e. The van der Waals surface area contributed by atoms with Gasteiger partial charge >= 0.3 is 0 Å². The lowest BCUT2D eigenvalue weighted by atomic mass is 9.89. The molecule has 0 aliphatic carbocycles. The van der Waals surface area contributed by atoms with Crippen LogP contribution < -0.4 is 11.1 Å². The normalized spacial score (nSPS) is 13.5. The summed E-state index contributed by atoms with van der Waals surface area (Å²) in [6.07, 6.45) is 0.845. The highest BCUT2D eigenvalue weighted by molar-refractivity contribution is 5.92. The number of piperazine rings is 1. The van der Waals surface area contributed by atoms with E-state index in [1.54, 1.807) is 4.90 Å². The Morgan fingerprint density at radius 3 is 2.32 bits per heavy atom. The van der Waals surface area contributed by atoms with Crippen molar-refractivity contribution in [1.29, 1.82) is 0 Å². The molecule has 2 heterocycles. The molecule has 0 spiro atoms. The molecule has 31 heavy (non-hydrogen) atoms. The van der Waals surface area contributed by atoms with E-state index in [1.165, 1.54) is 5.56 Å². The second-order valence-corrected chi connectivity index (χ2v) is 8.17. The van der Waals surface area contributed by atoms with Crippen molar-refractivity contribution in [2.45, 2.75) is 47.2 Å². The van der Waals surface area contributed by atoms with Crippen LogP contribution in [0.2, 0.25) is 0 Å². The zero-order valence-corrected chi connectivity index (χ0v) is 20.2. The summed E-state index contributed by atoms with van der Waals surface area (Å²) >= 11 is 0. The largest absolute Gasteiger partial charge is 0.345 e. The first-order valence-electron chi connectivity index (χ1n) is 10.1. The molecule has 1 aliphatic heterocycles. The van der Waals surface area contributed by atoms with Crippen molar-refractivity contribution in [3.05, 3.63) is 52.3 Å². The highest BCUT2D eigenvalue weighted by Gasteiger charge is 2.26. The van der Waals surface area contributed by atoms with Crippen LogP contribution in [0.5, 0.6) is 0 Å². The maximum atomic E-state index is 12.4. The van der Waals surface area contributed by atoms with Gasteiger partial charge in [-0.2, -0.15) is 0 Å². The van der Waals surface area contributed by atoms with Gasteiger partial charge in [-0.1, -0.05) is 43.7 Å². The van der Waals surface area contributed by atoms with Crippen LogP contribution in [-0.4, -0.2) is 34.8 Å². The van der Waals surface area contributed by atoms with E-state index < -0.39 is 0 Å². The summed E-state index contributed by atoms with van der Waals surface area (Å²) in [5, 5.41) is 2.60. The van der Waals surface area contributed by atoms with E-state index in [0.29, 0.717) is 19.0 Å². The van der Waals surface area contributed by atoms with Crippen molar-refractivity contribution in [2.75, 3.05) is 13.1 Å². The number of aryl methyl sites for hydroxylation is 2. The molecule has 3 N–H and O–H groups in total. The molecule has 0 atom stereocenters. The molecular formula is C23H32Cl2N4O2. The Kier molecular flexibility index (Phi) is 9.94. The topological polar surface area (TPSA) is 88.3 Å². The van der Waals surface area contributed by atoms with Crippen LogP contribution in [0.3, 0.4) is 0 Å². The third-order valence-corrected chi connectivity index (χ3v) is 5.31. The molecule has 2 aromatic rings. The Morgan fingerprint density at radius 2 is 1.74 bits per heavy atom. The van der Waals surface area contributed by atoms with E-state index in [1.807, 2.05) is 6.92 Å². The second-order valence-electron chi connectivity index (χ2n) is 8.17. The maximum Gasteiger partial charge on any atom is 0.242 e. The van der Waals surface area contributed by atoms with Gasteiger partial charge in [0.2, 0.25) is 11.8 Å². The number of hydrogen-bond donors (Lipinski definition) is 2. The Balaban J connectivity index is 0.00000240. The second kappa shape index (κ2) is 11.5. The molecule has 170 valence electrons. The standard InChI is InChI=1S/C23H30N4O2.2ClH/c1-14(2)9-20-18(10-24)23(17-7-5-15(3)6-8-17)19(16(4)26-20)12-27-13-21(28)25-11-22(27)29;;/h5-8,14H,9-13,24H2,1-4H3,(H,25,28);2*1H. The summed E-state index contributed by atoms with van der Waals surface area (Å²) in [5.74, 6) is 0.235. The lowest BCUT2D eigenvalue weighted by Crippen LogP contribution is -2.51. The molecule has 0 bridgehead atoms. The van der Waals surface area contributed by atoms with Gasteiger partial charge in [-0.15, -0.1) is 24.8 Å². The zero-order chi connectivity index (χ0) is 21.1. The fraction of sp³-hybridized carbons (Fsp3) is 0.435. The first-order chi connectivity index (χ1) is 13.8. The molecule has 1 aromatic carbocycles. The summed E-state index contributed by atoms with van der Waals surface area (Å²) in [7, 11) is 0. The first kappa shape index (κ1) is 26.9. The van der Waals surface area contributed by atoms with Crippen molar-refractivity contribution in [3.63, 3.8) is 0 Å². The van der Waals surface area contributed by atoms with Crippen LogP contribution in [0.25, 0.3) is 11.1 Å². The van der Waals surface area contributed by atoms with Crippen LogP contribution in [0.15, 0.2) is 24.3 Å². The van der Waals surface area contributed by atoms with Gasteiger partial charge in [0.1, 0.15) is 0 Å². The maximum absolute atomic E-state index is 12.4. The third kappa shape index (κ3) is 6.19. The summed E-state index contributed by atoms with van der Waals surface area (Å²) in [4.78, 5) is 30.7. The molecule has 0 saturated carbocycles. The van der Waals surface area contributed by atoms with E-state index in [0.717, 1.165) is 40.1 Å². The quantitative estimate of drug-likeness (QED) is 0.682. The Bertz CT molecular complexity index is 930. The molecule has 2 amide bonds. The lowest BCUT2D eigenvalue weighted by Gasteiger charge is -2.29. The molecule has 8 heteroatoms. The zero-order valence-electron chi connectivity index (χ0n) is 18.5. The van der Waals surface area contributed by atoms with E-state index >= 15 is 0 Å². The van der Waals surface area contributed by atoms with Crippen LogP contribution in [0.1, 0.15) is 41.9 Å². The number of aromatic nitrogens is 1. The van der Waals surface area contributed by atoms with E-state index in [4.69, 9.17) is 10.7 Å². The fourth-order valence-electron chi connectivity index (χ4n) is 3.82. The van der Waals surface area contributed by atoms with Crippen LogP contribution in [-0.2, 0) is 29.1 Å². The van der Waals surface area contributed by atoms with Gasteiger partial charge in [0.05, 0.1) is 13.1 Å². The molecule has 0 radical (unpaired) electrons. The fourth-order valence-corrected chi connectivity index (χ4v) is 3.82. The van der Waals surface area contributed by atoms with Crippen molar-refractivity contribution in [3.8, 4) is 11.1 Å². The van der Waals surface area contributed by atoms with Crippen LogP contribution in [0, 0.1) is 19.8 Å². The number of halogens is 2. The molecule has 1 aliphatic rings. The Hall–Kier alpha value is -2.15. The van der Waals surface area contributed by atoms with Crippen LogP contribution in [0.4, 0.5) is 0 Å². The number of carbonyl (C=O) groups excluding carboxylic acids is 2. The van der Waals surface area contributed by atoms with Gasteiger partial charge in [0, 0.05) is 30.0 Å². The number of pyridine rings is 1. The number of nitrogens with one attached hydrogen (secondary N) is 1. The molecule has 1 fully saturated rings. The van der Waals surface area contributed by atoms with Gasteiger partial charge in [0.15, 0.2) is 0 Å². The Morgan fingerprint density at radius 1 is 1.10 bits per heavy atom. The molecule has 6 nitrogen and oxygen atoms in total. The monoisotopic (exact) mass is 466 g/mol. The van der Waals surface area contributed by atoms with Crippen molar-refractivity contribution in [1.82, 2.24) is 15.2 Å². The number of rotatable bonds is 6. The summed E-state index contributed by atoms with van der Waals surface area (Å²) in [6.45, 7) is 9.21. The molecule has 0 unspecified atom stereocenters. The van der Waals surface area contributed by atoms with Crippen molar-refractivity contribution >= 4 is 36.6 Å². The number of nitrogens with zero attached hydrogens (tertiary/aromatic N) is 2. The SMILES string of the molecule is Cc1ccc(-c2c(CN3CC(=O)NCC3=O)c(C)nc(CC(C)C)c2CN)cc1.Cl.Cl. The molecular weight excluding hydrogens is 435 g/mol. The number of amides is 2. The van der Waals surface area contributed by atoms with Gasteiger partial charge in [-0.05, 0) is 42.9 Å². The number of carbonyl (C=O) groups is 2. The number of benzene rings is 1. The smallest absolute Gasteiger partial charge is 0.242 e. The van der Waals surface area contributed by atoms with E-state index in [2.05, 4.69) is 50.4 Å². The van der Waals surface area contributed by atoms with E-state index in [-0.39, 0.29) is 49.7 Å². The predicted molar refractivity (Wildman–Crippen MR) is 129 cm³/mol. The van der Waals surface area contributed by atoms with E-state index in [9.17, 15) is 9.59 Å². The summed E-state index contributed by atoms with van der Waals surface area (Å²) in [6, 6.07) is 8.35. The lowest BCUT2D eigenvalue weighted by molar-refractivity contribution is -0.141. The van der Waals surface area contributed by atoms with Gasteiger partial charge in [-0.25, -0.2) is 0 Å². The molecule has 1 aromatic heterocycles. The highest BCUT2D eigenvalue weighted by atomic mass is 35.5. The third-order valence-electron chi connectivity index (χ3n) is 5.31. The predicted octanol–water partition coefficient (Wildman–Crippen LogP) is 3.32. The molecule has 1 saturated heterocycles. The van der Waals surface area contributed by atoms with Gasteiger partial charge < -0.3 is 16.0 Å². The Labute approximate surface area is 196 Å². The van der Waals surface area contributed by atoms with Crippen molar-refractivity contribution in [2.24, 2.45) is 11.7 Å². The van der Waals surface area contributed by atoms with Crippen molar-refractivity contribution < 1.29 is 9.59 Å². The highest BCUT2D eigenvalue weighted by Crippen LogP contribution is 2.33. The van der Waals surface area contributed by atoms with Gasteiger partial charge in [-0.3, -0.25) is 14.6 Å². The first-order valence-corrected chi connectivity index (χ1v) is 10.1. The summed E-state index contributed by atoms with van der Waals surface area (Å²) in [5.41, 5.74) is 13.4. The summed E-state index contributed by atoms with van der Waals surface area (Å²) < 4.78 is 0. The minimum absolute atomic E-state index is 0. The number of nitrogens with two attached hydrogens (primary N) is 1. The average molecular weight is 467 g/mol. The number of hydrogen-bond acceptors (Lipinski definition) is 4. The molecule has 3 rings (SSSR count). The minimum atomic E-state index is -0.137. The van der Waals surface area contributed by atoms with Gasteiger partial charge in [0.25, 0.3) is 0 Å². The van der Waals surface area contributed by atoms with Crippen LogP contribution >= 0.6 is 24.8 Å².